The Hall–Kier alpha value is -2.95. The molecule has 0 fully saturated rings. The lowest BCUT2D eigenvalue weighted by atomic mass is 10.1. The van der Waals surface area contributed by atoms with Gasteiger partial charge >= 0.3 is 0 Å². The Morgan fingerprint density at radius 3 is 2.30 bits per heavy atom. The summed E-state index contributed by atoms with van der Waals surface area (Å²) in [5, 5.41) is 3.81. The van der Waals surface area contributed by atoms with Crippen LogP contribution in [0.2, 0.25) is 0 Å². The summed E-state index contributed by atoms with van der Waals surface area (Å²) >= 11 is 0. The van der Waals surface area contributed by atoms with Crippen LogP contribution >= 0.6 is 0 Å². The van der Waals surface area contributed by atoms with E-state index in [1.165, 1.54) is 7.11 Å². The molecular formula is C25H33NO4. The van der Waals surface area contributed by atoms with Crippen molar-refractivity contribution in [1.82, 2.24) is 0 Å². The summed E-state index contributed by atoms with van der Waals surface area (Å²) in [5.41, 5.74) is 3.11. The van der Waals surface area contributed by atoms with Crippen molar-refractivity contribution in [3.05, 3.63) is 65.2 Å². The van der Waals surface area contributed by atoms with Crippen LogP contribution in [-0.4, -0.2) is 33.1 Å². The fourth-order valence-electron chi connectivity index (χ4n) is 3.03. The lowest BCUT2D eigenvalue weighted by molar-refractivity contribution is 0.215. The number of allylic oxidation sites excluding steroid dienone is 1. The molecule has 30 heavy (non-hydrogen) atoms. The molecule has 0 N–H and O–H groups in total. The molecule has 0 aliphatic rings. The van der Waals surface area contributed by atoms with Gasteiger partial charge in [0.25, 0.3) is 0 Å². The molecule has 0 saturated carbocycles. The fourth-order valence-corrected chi connectivity index (χ4v) is 3.03. The lowest BCUT2D eigenvalue weighted by Gasteiger charge is -2.14. The van der Waals surface area contributed by atoms with Crippen molar-refractivity contribution >= 4 is 6.21 Å². The van der Waals surface area contributed by atoms with E-state index < -0.39 is 0 Å². The van der Waals surface area contributed by atoms with Crippen LogP contribution in [0.5, 0.6) is 17.2 Å². The third-order valence-corrected chi connectivity index (χ3v) is 4.52. The third-order valence-electron chi connectivity index (χ3n) is 4.52. The van der Waals surface area contributed by atoms with E-state index in [0.29, 0.717) is 19.8 Å². The topological polar surface area (TPSA) is 49.3 Å². The smallest absolute Gasteiger partial charge is 0.128 e. The predicted molar refractivity (Wildman–Crippen MR) is 122 cm³/mol. The molecule has 2 rings (SSSR count). The molecule has 0 saturated heterocycles. The molecule has 0 amide bonds. The largest absolute Gasteiger partial charge is 0.493 e. The monoisotopic (exact) mass is 411 g/mol. The quantitative estimate of drug-likeness (QED) is 0.179. The minimum Gasteiger partial charge on any atom is -0.493 e. The van der Waals surface area contributed by atoms with Gasteiger partial charge < -0.3 is 19.0 Å². The van der Waals surface area contributed by atoms with Gasteiger partial charge in [0.1, 0.15) is 31.0 Å². The molecule has 162 valence electrons. The number of para-hydroxylation sites is 1. The van der Waals surface area contributed by atoms with E-state index in [9.17, 15) is 0 Å². The molecule has 5 nitrogen and oxygen atoms in total. The first-order chi connectivity index (χ1) is 14.7. The highest BCUT2D eigenvalue weighted by molar-refractivity contribution is 5.83. The Balaban J connectivity index is 1.70. The van der Waals surface area contributed by atoms with Crippen molar-refractivity contribution in [3.63, 3.8) is 0 Å². The molecule has 0 heterocycles. The molecule has 2 aromatic carbocycles. The second-order valence-electron chi connectivity index (χ2n) is 6.98. The van der Waals surface area contributed by atoms with Gasteiger partial charge in [-0.3, -0.25) is 0 Å². The number of rotatable bonds is 13. The molecule has 0 unspecified atom stereocenters. The van der Waals surface area contributed by atoms with Gasteiger partial charge in [0, 0.05) is 5.56 Å². The Labute approximate surface area is 180 Å². The number of nitrogens with zero attached hydrogens (tertiary/aromatic N) is 1. The standard InChI is InChI=1S/C25H33NO4/c1-5-6-14-28-23-17-20(2)25(21(3)18-23)30-16-11-7-10-15-29-24-13-9-8-12-22(24)19-26-27-4/h5-6,8-9,12-13,17-19H,7,10-11,14-16H2,1-4H3/b6-5+,26-19+. The van der Waals surface area contributed by atoms with Crippen molar-refractivity contribution in [2.75, 3.05) is 26.9 Å². The van der Waals surface area contributed by atoms with Gasteiger partial charge in [-0.25, -0.2) is 0 Å². The van der Waals surface area contributed by atoms with E-state index in [1.54, 1.807) is 6.21 Å². The first-order valence-corrected chi connectivity index (χ1v) is 10.4. The zero-order valence-electron chi connectivity index (χ0n) is 18.5. The SMILES string of the molecule is C/C=C/COc1cc(C)c(OCCCCCOc2ccccc2/C=N/OC)c(C)c1. The fraction of sp³-hybridized carbons (Fsp3) is 0.400. The Morgan fingerprint density at radius 1 is 0.900 bits per heavy atom. The number of hydrogen-bond donors (Lipinski definition) is 0. The van der Waals surface area contributed by atoms with Crippen LogP contribution in [-0.2, 0) is 4.84 Å². The predicted octanol–water partition coefficient (Wildman–Crippen LogP) is 5.87. The maximum absolute atomic E-state index is 6.03. The average molecular weight is 412 g/mol. The van der Waals surface area contributed by atoms with E-state index in [0.717, 1.165) is 53.2 Å². The van der Waals surface area contributed by atoms with Crippen LogP contribution in [0.25, 0.3) is 0 Å². The molecule has 0 atom stereocenters. The zero-order valence-corrected chi connectivity index (χ0v) is 18.5. The molecule has 0 spiro atoms. The lowest BCUT2D eigenvalue weighted by Crippen LogP contribution is -2.04. The van der Waals surface area contributed by atoms with Crippen molar-refractivity contribution in [2.45, 2.75) is 40.0 Å². The second kappa shape index (κ2) is 13.3. The number of hydrogen-bond acceptors (Lipinski definition) is 5. The minimum absolute atomic E-state index is 0.585. The van der Waals surface area contributed by atoms with Crippen LogP contribution in [0.4, 0.5) is 0 Å². The summed E-state index contributed by atoms with van der Waals surface area (Å²) < 4.78 is 17.6. The molecule has 0 bridgehead atoms. The summed E-state index contributed by atoms with van der Waals surface area (Å²) in [6.07, 6.45) is 8.62. The van der Waals surface area contributed by atoms with Crippen LogP contribution < -0.4 is 14.2 Å². The summed E-state index contributed by atoms with van der Waals surface area (Å²) in [6.45, 7) is 8.04. The molecular weight excluding hydrogens is 378 g/mol. The maximum Gasteiger partial charge on any atom is 0.128 e. The molecule has 2 aromatic rings. The normalized spacial score (nSPS) is 11.2. The molecule has 0 aromatic heterocycles. The maximum atomic E-state index is 6.03. The molecule has 0 aliphatic heterocycles. The van der Waals surface area contributed by atoms with Gasteiger partial charge in [-0.1, -0.05) is 29.4 Å². The number of oxime groups is 1. The van der Waals surface area contributed by atoms with Crippen molar-refractivity contribution < 1.29 is 19.0 Å². The van der Waals surface area contributed by atoms with Crippen LogP contribution in [0.1, 0.15) is 42.9 Å². The number of unbranched alkanes of at least 4 members (excludes halogenated alkanes) is 2. The van der Waals surface area contributed by atoms with E-state index in [4.69, 9.17) is 19.0 Å². The van der Waals surface area contributed by atoms with E-state index >= 15 is 0 Å². The summed E-state index contributed by atoms with van der Waals surface area (Å²) in [7, 11) is 1.53. The zero-order chi connectivity index (χ0) is 21.6. The number of benzene rings is 2. The van der Waals surface area contributed by atoms with Gasteiger partial charge in [0.2, 0.25) is 0 Å². The van der Waals surface area contributed by atoms with Crippen molar-refractivity contribution in [3.8, 4) is 17.2 Å². The van der Waals surface area contributed by atoms with E-state index in [1.807, 2.05) is 55.5 Å². The highest BCUT2D eigenvalue weighted by Crippen LogP contribution is 2.28. The summed E-state index contributed by atoms with van der Waals surface area (Å²) in [4.78, 5) is 4.74. The van der Waals surface area contributed by atoms with E-state index in [2.05, 4.69) is 19.0 Å². The van der Waals surface area contributed by atoms with Crippen molar-refractivity contribution in [2.24, 2.45) is 5.16 Å². The molecule has 0 aliphatic carbocycles. The second-order valence-corrected chi connectivity index (χ2v) is 6.98. The summed E-state index contributed by atoms with van der Waals surface area (Å²) in [5.74, 6) is 2.65. The minimum atomic E-state index is 0.585. The van der Waals surface area contributed by atoms with Gasteiger partial charge in [-0.2, -0.15) is 0 Å². The average Bonchev–Trinajstić information content (AvgIpc) is 2.74. The Bertz CT molecular complexity index is 807. The van der Waals surface area contributed by atoms with Crippen LogP contribution in [0.3, 0.4) is 0 Å². The van der Waals surface area contributed by atoms with E-state index in [-0.39, 0.29) is 0 Å². The molecule has 5 heteroatoms. The Morgan fingerprint density at radius 2 is 1.60 bits per heavy atom. The van der Waals surface area contributed by atoms with Crippen LogP contribution in [0, 0.1) is 13.8 Å². The first kappa shape index (κ1) is 23.3. The first-order valence-electron chi connectivity index (χ1n) is 10.4. The summed E-state index contributed by atoms with van der Waals surface area (Å²) in [6, 6.07) is 11.9. The number of ether oxygens (including phenoxy) is 3. The van der Waals surface area contributed by atoms with Gasteiger partial charge in [0.15, 0.2) is 0 Å². The number of aryl methyl sites for hydroxylation is 2. The van der Waals surface area contributed by atoms with Gasteiger partial charge in [0.05, 0.1) is 19.4 Å². The highest BCUT2D eigenvalue weighted by Gasteiger charge is 2.07. The Kier molecular flexibility index (Phi) is 10.3. The molecule has 0 radical (unpaired) electrons. The van der Waals surface area contributed by atoms with Gasteiger partial charge in [-0.05, 0) is 75.4 Å². The third kappa shape index (κ3) is 7.82. The van der Waals surface area contributed by atoms with Crippen LogP contribution in [0.15, 0.2) is 53.7 Å². The van der Waals surface area contributed by atoms with Gasteiger partial charge in [-0.15, -0.1) is 0 Å². The highest BCUT2D eigenvalue weighted by atomic mass is 16.6. The van der Waals surface area contributed by atoms with Crippen molar-refractivity contribution in [1.29, 1.82) is 0 Å².